The first-order valence-corrected chi connectivity index (χ1v) is 21.8. The Kier molecular flexibility index (Phi) is 11.0. The number of nitrogens with two attached hydrogens (primary N) is 2. The molecule has 6 aromatic rings. The first-order valence-electron chi connectivity index (χ1n) is 16.0. The molecular formula is C33H26N8O15S4. The summed E-state index contributed by atoms with van der Waals surface area (Å²) >= 11 is 0. The molecule has 27 heteroatoms. The second kappa shape index (κ2) is 15.4. The Balaban J connectivity index is 1.16. The number of nitrogen functional groups attached to an aromatic ring is 2. The molecule has 0 saturated heterocycles. The van der Waals surface area contributed by atoms with Crippen molar-refractivity contribution in [1.29, 1.82) is 0 Å². The van der Waals surface area contributed by atoms with Gasteiger partial charge in [0.05, 0.1) is 21.2 Å². The lowest BCUT2D eigenvalue weighted by molar-refractivity contribution is 0.262. The lowest BCUT2D eigenvalue weighted by Gasteiger charge is -2.12. The number of carbonyl (C=O) groups excluding carboxylic acids is 1. The van der Waals surface area contributed by atoms with Gasteiger partial charge in [0.1, 0.15) is 21.2 Å². The molecule has 23 nitrogen and oxygen atoms in total. The topological polar surface area (TPSA) is 401 Å². The third-order valence-electron chi connectivity index (χ3n) is 8.24. The number of amides is 2. The van der Waals surface area contributed by atoms with Crippen molar-refractivity contribution in [3.63, 3.8) is 0 Å². The van der Waals surface area contributed by atoms with Crippen molar-refractivity contribution < 1.29 is 66.9 Å². The third-order valence-corrected chi connectivity index (χ3v) is 11.6. The van der Waals surface area contributed by atoms with Crippen molar-refractivity contribution in [2.45, 2.75) is 19.6 Å². The first kappa shape index (κ1) is 42.7. The predicted octanol–water partition coefficient (Wildman–Crippen LogP) is 6.03. The summed E-state index contributed by atoms with van der Waals surface area (Å²) < 4.78 is 133. The van der Waals surface area contributed by atoms with Gasteiger partial charge in [-0.1, -0.05) is 0 Å². The van der Waals surface area contributed by atoms with Crippen molar-refractivity contribution in [3.05, 3.63) is 84.9 Å². The second-order valence-corrected chi connectivity index (χ2v) is 18.0. The smallest absolute Gasteiger partial charge is 0.323 e. The Labute approximate surface area is 337 Å². The zero-order chi connectivity index (χ0) is 44.1. The maximum Gasteiger partial charge on any atom is 0.323 e. The van der Waals surface area contributed by atoms with Gasteiger partial charge in [0.2, 0.25) is 0 Å². The van der Waals surface area contributed by atoms with Gasteiger partial charge in [-0.25, -0.2) is 4.79 Å². The van der Waals surface area contributed by atoms with Gasteiger partial charge in [0, 0.05) is 33.5 Å². The van der Waals surface area contributed by atoms with E-state index in [0.29, 0.717) is 0 Å². The monoisotopic (exact) mass is 902 g/mol. The Morgan fingerprint density at radius 2 is 0.817 bits per heavy atom. The number of nitrogens with one attached hydrogen (secondary N) is 2. The van der Waals surface area contributed by atoms with E-state index in [4.69, 9.17) is 11.5 Å². The van der Waals surface area contributed by atoms with Crippen LogP contribution in [-0.2, 0) is 40.5 Å². The number of nitrogens with zero attached hydrogens (tertiary/aromatic N) is 4. The zero-order valence-corrected chi connectivity index (χ0v) is 32.8. The number of hydrogen-bond donors (Lipinski definition) is 10. The normalized spacial score (nSPS) is 12.7. The van der Waals surface area contributed by atoms with E-state index in [1.54, 1.807) is 0 Å². The van der Waals surface area contributed by atoms with Crippen LogP contribution in [0.2, 0.25) is 0 Å². The van der Waals surface area contributed by atoms with Gasteiger partial charge < -0.3 is 32.3 Å². The average molecular weight is 903 g/mol. The molecule has 0 aliphatic heterocycles. The molecule has 0 radical (unpaired) electrons. The summed E-state index contributed by atoms with van der Waals surface area (Å²) in [5, 5.41) is 41.0. The Bertz CT molecular complexity index is 3090. The van der Waals surface area contributed by atoms with Crippen molar-refractivity contribution in [2.24, 2.45) is 20.5 Å². The van der Waals surface area contributed by atoms with Gasteiger partial charge in [-0.15, -0.1) is 10.2 Å². The molecule has 0 fully saturated rings. The molecule has 12 N–H and O–H groups in total. The number of rotatable bonds is 10. The van der Waals surface area contributed by atoms with Crippen LogP contribution < -0.4 is 22.1 Å². The second-order valence-electron chi connectivity index (χ2n) is 12.3. The van der Waals surface area contributed by atoms with Crippen molar-refractivity contribution in [3.8, 4) is 11.5 Å². The molecular weight excluding hydrogens is 877 g/mol. The number of azo groups is 2. The Hall–Kier alpha value is -6.85. The van der Waals surface area contributed by atoms with E-state index in [9.17, 15) is 66.9 Å². The SMILES string of the molecule is Nc1cc(S(=O)(=O)O)cc2cc(S(=O)(=O)O)c(N=Nc3ccc(NC(=O)Nc4ccc(N=Nc5c(S(=O)(=O)O)cc6cc(S(=O)(=O)O)cc(N)c6c5O)cc4)cc3)c(O)c12. The van der Waals surface area contributed by atoms with Gasteiger partial charge in [-0.2, -0.15) is 43.9 Å². The molecule has 2 amide bonds. The fourth-order valence-electron chi connectivity index (χ4n) is 5.60. The zero-order valence-electron chi connectivity index (χ0n) is 29.5. The molecule has 0 aliphatic carbocycles. The maximum absolute atomic E-state index is 12.7. The minimum Gasteiger partial charge on any atom is -0.505 e. The van der Waals surface area contributed by atoms with E-state index < -0.39 is 89.0 Å². The summed E-state index contributed by atoms with van der Waals surface area (Å²) in [4.78, 5) is 9.36. The van der Waals surface area contributed by atoms with Crippen molar-refractivity contribution in [1.82, 2.24) is 0 Å². The van der Waals surface area contributed by atoms with E-state index in [-0.39, 0.29) is 55.7 Å². The van der Waals surface area contributed by atoms with Gasteiger partial charge in [0.15, 0.2) is 11.5 Å². The van der Waals surface area contributed by atoms with Crippen LogP contribution >= 0.6 is 0 Å². The van der Waals surface area contributed by atoms with Crippen molar-refractivity contribution in [2.75, 3.05) is 22.1 Å². The number of benzene rings is 6. The van der Waals surface area contributed by atoms with E-state index in [1.807, 2.05) is 0 Å². The fraction of sp³-hybridized carbons (Fsp3) is 0. The molecule has 0 bridgehead atoms. The summed E-state index contributed by atoms with van der Waals surface area (Å²) in [5.74, 6) is -1.76. The van der Waals surface area contributed by atoms with Crippen LogP contribution in [0.4, 0.5) is 50.3 Å². The number of carbonyl (C=O) groups is 1. The molecule has 6 aromatic carbocycles. The molecule has 0 heterocycles. The first-order chi connectivity index (χ1) is 27.8. The molecule has 0 atom stereocenters. The summed E-state index contributed by atoms with van der Waals surface area (Å²) in [6.45, 7) is 0. The number of phenolic OH excluding ortho intramolecular Hbond substituents is 2. The van der Waals surface area contributed by atoms with Gasteiger partial charge in [-0.05, 0) is 95.7 Å². The van der Waals surface area contributed by atoms with E-state index >= 15 is 0 Å². The maximum atomic E-state index is 12.7. The van der Waals surface area contributed by atoms with Crippen LogP contribution in [-0.4, -0.2) is 68.1 Å². The highest BCUT2D eigenvalue weighted by Gasteiger charge is 2.26. The molecule has 0 spiro atoms. The highest BCUT2D eigenvalue weighted by Crippen LogP contribution is 2.46. The van der Waals surface area contributed by atoms with Crippen LogP contribution in [0.25, 0.3) is 21.5 Å². The number of urea groups is 1. The minimum absolute atomic E-state index is 0.0664. The largest absolute Gasteiger partial charge is 0.505 e. The molecule has 0 saturated carbocycles. The fourth-order valence-corrected chi connectivity index (χ4v) is 8.02. The highest BCUT2D eigenvalue weighted by molar-refractivity contribution is 7.86. The van der Waals surface area contributed by atoms with Crippen LogP contribution in [0.1, 0.15) is 0 Å². The van der Waals surface area contributed by atoms with Crippen LogP contribution in [0.3, 0.4) is 0 Å². The molecule has 6 rings (SSSR count). The lowest BCUT2D eigenvalue weighted by atomic mass is 10.1. The highest BCUT2D eigenvalue weighted by atomic mass is 32.2. The lowest BCUT2D eigenvalue weighted by Crippen LogP contribution is -2.19. The van der Waals surface area contributed by atoms with Crippen LogP contribution in [0.15, 0.2) is 125 Å². The molecule has 0 unspecified atom stereocenters. The third kappa shape index (κ3) is 9.06. The van der Waals surface area contributed by atoms with E-state index in [2.05, 4.69) is 31.1 Å². The van der Waals surface area contributed by atoms with E-state index in [0.717, 1.165) is 36.4 Å². The number of phenols is 2. The Morgan fingerprint density at radius 1 is 0.483 bits per heavy atom. The quantitative estimate of drug-likeness (QED) is 0.0426. The van der Waals surface area contributed by atoms with Gasteiger partial charge in [-0.3, -0.25) is 18.2 Å². The number of aromatic hydroxyl groups is 2. The summed E-state index contributed by atoms with van der Waals surface area (Å²) in [6, 6.07) is 14.9. The average Bonchev–Trinajstić information content (AvgIpc) is 3.13. The minimum atomic E-state index is -5.09. The number of hydrogen-bond acceptors (Lipinski definition) is 17. The standard InChI is InChI=1S/C33H26N8O15S4/c34-23-13-21(57(45,46)47)9-15-11-25(59(51,52)53)29(31(42)27(15)23)40-38-19-5-1-17(2-6-19)36-33(44)37-18-3-7-20(8-4-18)39-41-30-26(60(54,55)56)12-16-10-22(58(48,49)50)14-24(35)28(16)32(30)43/h1-14,42-43H,34-35H2,(H2,36,37,44)(H,45,46,47)(H,48,49,50)(H,51,52,53)(H,54,55,56). The van der Waals surface area contributed by atoms with Crippen molar-refractivity contribution >= 4 is 114 Å². The molecule has 0 aliphatic rings. The van der Waals surface area contributed by atoms with Crippen LogP contribution in [0.5, 0.6) is 11.5 Å². The summed E-state index contributed by atoms with van der Waals surface area (Å²) in [7, 11) is -19.7. The molecule has 60 heavy (non-hydrogen) atoms. The van der Waals surface area contributed by atoms with Crippen LogP contribution in [0, 0.1) is 0 Å². The molecule has 312 valence electrons. The number of fused-ring (bicyclic) bond motifs is 2. The predicted molar refractivity (Wildman–Crippen MR) is 213 cm³/mol. The Morgan fingerprint density at radius 3 is 1.12 bits per heavy atom. The van der Waals surface area contributed by atoms with E-state index in [1.165, 1.54) is 48.5 Å². The summed E-state index contributed by atoms with van der Waals surface area (Å²) in [5.41, 5.74) is 10.1. The van der Waals surface area contributed by atoms with Gasteiger partial charge in [0.25, 0.3) is 40.5 Å². The summed E-state index contributed by atoms with van der Waals surface area (Å²) in [6.07, 6.45) is 0. The van der Waals surface area contributed by atoms with Gasteiger partial charge >= 0.3 is 6.03 Å². The number of anilines is 4. The molecule has 0 aromatic heterocycles.